The number of benzene rings is 2. The number of fused-ring (bicyclic) bond motifs is 2. The molecule has 0 saturated carbocycles. The fourth-order valence-corrected chi connectivity index (χ4v) is 5.44. The van der Waals surface area contributed by atoms with Gasteiger partial charge in [-0.25, -0.2) is 4.21 Å². The predicted molar refractivity (Wildman–Crippen MR) is 120 cm³/mol. The molecular formula is C24H28N2O3S. The lowest BCUT2D eigenvalue weighted by molar-refractivity contribution is 0.232. The highest BCUT2D eigenvalue weighted by molar-refractivity contribution is 7.85. The zero-order valence-corrected chi connectivity index (χ0v) is 18.5. The van der Waals surface area contributed by atoms with Gasteiger partial charge in [-0.3, -0.25) is 4.90 Å². The van der Waals surface area contributed by atoms with Crippen LogP contribution >= 0.6 is 0 Å². The van der Waals surface area contributed by atoms with E-state index in [0.29, 0.717) is 12.3 Å². The fourth-order valence-electron chi connectivity index (χ4n) is 4.01. The molecule has 158 valence electrons. The van der Waals surface area contributed by atoms with Gasteiger partial charge in [-0.2, -0.15) is 0 Å². The summed E-state index contributed by atoms with van der Waals surface area (Å²) in [5.41, 5.74) is 4.53. The highest BCUT2D eigenvalue weighted by atomic mass is 32.2. The van der Waals surface area contributed by atoms with Crippen LogP contribution in [0.5, 0.6) is 0 Å². The third kappa shape index (κ3) is 3.95. The summed E-state index contributed by atoms with van der Waals surface area (Å²) >= 11 is 0. The second-order valence-electron chi connectivity index (χ2n) is 7.86. The van der Waals surface area contributed by atoms with Gasteiger partial charge < -0.3 is 14.4 Å². The SMILES string of the molecule is Cc1ccc2c(c1C)N(CCCN(C)Cc1ccc(CO)o1)c1ccccc1S2=O. The highest BCUT2D eigenvalue weighted by Crippen LogP contribution is 2.44. The molecule has 1 aliphatic rings. The van der Waals surface area contributed by atoms with Crippen LogP contribution in [0.25, 0.3) is 0 Å². The highest BCUT2D eigenvalue weighted by Gasteiger charge is 2.29. The Bertz CT molecular complexity index is 1080. The van der Waals surface area contributed by atoms with Crippen molar-refractivity contribution in [3.63, 3.8) is 0 Å². The molecule has 30 heavy (non-hydrogen) atoms. The summed E-state index contributed by atoms with van der Waals surface area (Å²) in [6, 6.07) is 15.8. The monoisotopic (exact) mass is 424 g/mol. The number of aliphatic hydroxyl groups is 1. The average molecular weight is 425 g/mol. The van der Waals surface area contributed by atoms with Crippen molar-refractivity contribution in [2.45, 2.75) is 43.2 Å². The van der Waals surface area contributed by atoms with Gasteiger partial charge in [-0.15, -0.1) is 0 Å². The maximum absolute atomic E-state index is 13.2. The van der Waals surface area contributed by atoms with Crippen LogP contribution in [-0.2, 0) is 24.0 Å². The summed E-state index contributed by atoms with van der Waals surface area (Å²) in [6.45, 7) is 6.60. The van der Waals surface area contributed by atoms with E-state index in [4.69, 9.17) is 9.52 Å². The standard InChI is InChI=1S/C24H28N2O3S/c1-17-9-12-23-24(18(17)2)26(21-7-4-5-8-22(21)30(23)28)14-6-13-25(3)15-19-10-11-20(16-27)29-19/h4-5,7-12,27H,6,13-16H2,1-3H3. The Labute approximate surface area is 180 Å². The normalized spacial score (nSPS) is 15.4. The lowest BCUT2D eigenvalue weighted by Crippen LogP contribution is -2.29. The Hall–Kier alpha value is -2.41. The van der Waals surface area contributed by atoms with Crippen LogP contribution in [0.2, 0.25) is 0 Å². The molecule has 0 bridgehead atoms. The van der Waals surface area contributed by atoms with Crippen molar-refractivity contribution in [2.75, 3.05) is 25.0 Å². The van der Waals surface area contributed by atoms with Gasteiger partial charge in [0.2, 0.25) is 0 Å². The first-order valence-electron chi connectivity index (χ1n) is 10.2. The van der Waals surface area contributed by atoms with Crippen molar-refractivity contribution >= 4 is 22.2 Å². The zero-order valence-electron chi connectivity index (χ0n) is 17.7. The minimum absolute atomic E-state index is 0.0718. The smallest absolute Gasteiger partial charge is 0.129 e. The van der Waals surface area contributed by atoms with Crippen molar-refractivity contribution in [1.82, 2.24) is 4.90 Å². The van der Waals surface area contributed by atoms with Gasteiger partial charge in [0.05, 0.1) is 38.5 Å². The van der Waals surface area contributed by atoms with E-state index in [-0.39, 0.29) is 6.61 Å². The van der Waals surface area contributed by atoms with Crippen LogP contribution in [0.3, 0.4) is 0 Å². The number of aliphatic hydroxyl groups excluding tert-OH is 1. The first kappa shape index (κ1) is 20.8. The number of hydrogen-bond donors (Lipinski definition) is 1. The number of hydrogen-bond acceptors (Lipinski definition) is 5. The molecule has 1 aliphatic heterocycles. The summed E-state index contributed by atoms with van der Waals surface area (Å²) in [5, 5.41) is 9.16. The largest absolute Gasteiger partial charge is 0.462 e. The molecule has 0 aliphatic carbocycles. The van der Waals surface area contributed by atoms with Gasteiger partial charge >= 0.3 is 0 Å². The first-order valence-corrected chi connectivity index (χ1v) is 11.4. The van der Waals surface area contributed by atoms with Crippen molar-refractivity contribution < 1.29 is 13.7 Å². The maximum Gasteiger partial charge on any atom is 0.129 e. The molecule has 2 aromatic carbocycles. The third-order valence-corrected chi connectivity index (χ3v) is 7.18. The fraction of sp³-hybridized carbons (Fsp3) is 0.333. The Kier molecular flexibility index (Phi) is 6.09. The van der Waals surface area contributed by atoms with Gasteiger partial charge in [0, 0.05) is 13.1 Å². The van der Waals surface area contributed by atoms with Gasteiger partial charge in [0.15, 0.2) is 0 Å². The first-order chi connectivity index (χ1) is 14.5. The number of aryl methyl sites for hydroxylation is 1. The minimum Gasteiger partial charge on any atom is -0.462 e. The molecule has 2 heterocycles. The molecule has 1 aromatic heterocycles. The second kappa shape index (κ2) is 8.76. The van der Waals surface area contributed by atoms with E-state index in [1.165, 1.54) is 11.1 Å². The maximum atomic E-state index is 13.2. The van der Waals surface area contributed by atoms with Crippen LogP contribution in [0.4, 0.5) is 11.4 Å². The molecule has 0 spiro atoms. The molecule has 4 rings (SSSR count). The van der Waals surface area contributed by atoms with Crippen molar-refractivity contribution in [2.24, 2.45) is 0 Å². The number of rotatable bonds is 7. The third-order valence-electron chi connectivity index (χ3n) is 5.71. The van der Waals surface area contributed by atoms with E-state index in [0.717, 1.165) is 46.4 Å². The summed E-state index contributed by atoms with van der Waals surface area (Å²) in [6.07, 6.45) is 0.956. The van der Waals surface area contributed by atoms with E-state index in [1.807, 2.05) is 36.4 Å². The quantitative estimate of drug-likeness (QED) is 0.604. The molecule has 5 nitrogen and oxygen atoms in total. The minimum atomic E-state index is -1.15. The molecule has 0 amide bonds. The Morgan fingerprint density at radius 1 is 1.03 bits per heavy atom. The summed E-state index contributed by atoms with van der Waals surface area (Å²) < 4.78 is 18.8. The van der Waals surface area contributed by atoms with Crippen molar-refractivity contribution in [3.8, 4) is 0 Å². The van der Waals surface area contributed by atoms with Crippen LogP contribution < -0.4 is 4.90 Å². The van der Waals surface area contributed by atoms with Gasteiger partial charge in [0.25, 0.3) is 0 Å². The molecule has 0 fully saturated rings. The summed E-state index contributed by atoms with van der Waals surface area (Å²) in [5.74, 6) is 1.45. The number of nitrogens with zero attached hydrogens (tertiary/aromatic N) is 2. The number of para-hydroxylation sites is 1. The molecular weight excluding hydrogens is 396 g/mol. The lowest BCUT2D eigenvalue weighted by Gasteiger charge is -2.35. The van der Waals surface area contributed by atoms with Crippen LogP contribution in [-0.4, -0.2) is 34.4 Å². The Balaban J connectivity index is 1.52. The Morgan fingerprint density at radius 2 is 1.80 bits per heavy atom. The number of furan rings is 1. The topological polar surface area (TPSA) is 56.9 Å². The van der Waals surface area contributed by atoms with Crippen molar-refractivity contribution in [1.29, 1.82) is 0 Å². The summed E-state index contributed by atoms with van der Waals surface area (Å²) in [4.78, 5) is 6.34. The molecule has 3 aromatic rings. The Morgan fingerprint density at radius 3 is 2.57 bits per heavy atom. The van der Waals surface area contributed by atoms with Crippen LogP contribution in [0, 0.1) is 13.8 Å². The average Bonchev–Trinajstić information content (AvgIpc) is 3.20. The second-order valence-corrected chi connectivity index (χ2v) is 9.28. The molecule has 1 atom stereocenters. The van der Waals surface area contributed by atoms with Crippen molar-refractivity contribution in [3.05, 3.63) is 71.2 Å². The number of anilines is 2. The van der Waals surface area contributed by atoms with E-state index >= 15 is 0 Å². The van der Waals surface area contributed by atoms with E-state index in [2.05, 4.69) is 42.8 Å². The van der Waals surface area contributed by atoms with E-state index in [1.54, 1.807) is 0 Å². The zero-order chi connectivity index (χ0) is 21.3. The van der Waals surface area contributed by atoms with E-state index < -0.39 is 10.8 Å². The molecule has 0 radical (unpaired) electrons. The molecule has 1 N–H and O–H groups in total. The summed E-state index contributed by atoms with van der Waals surface area (Å²) in [7, 11) is 0.919. The van der Waals surface area contributed by atoms with Crippen LogP contribution in [0.1, 0.15) is 29.1 Å². The molecule has 0 saturated heterocycles. The van der Waals surface area contributed by atoms with E-state index in [9.17, 15) is 4.21 Å². The van der Waals surface area contributed by atoms with Gasteiger partial charge in [-0.1, -0.05) is 18.2 Å². The van der Waals surface area contributed by atoms with Gasteiger partial charge in [0.1, 0.15) is 18.1 Å². The predicted octanol–water partition coefficient (Wildman–Crippen LogP) is 4.53. The van der Waals surface area contributed by atoms with Crippen LogP contribution in [0.15, 0.2) is 62.7 Å². The molecule has 6 heteroatoms. The van der Waals surface area contributed by atoms with Gasteiger partial charge in [-0.05, 0) is 68.8 Å². The molecule has 1 unspecified atom stereocenters. The lowest BCUT2D eigenvalue weighted by atomic mass is 10.1.